The van der Waals surface area contributed by atoms with Gasteiger partial charge in [0.2, 0.25) is 10.1 Å². The number of hydrogen-bond donors (Lipinski definition) is 3. The van der Waals surface area contributed by atoms with Gasteiger partial charge in [0.25, 0.3) is 0 Å². The summed E-state index contributed by atoms with van der Waals surface area (Å²) in [5.41, 5.74) is 0.906. The largest absolute Gasteiger partial charge is 0.445 e. The molecule has 156 valence electrons. The Morgan fingerprint density at radius 3 is 2.31 bits per heavy atom. The summed E-state index contributed by atoms with van der Waals surface area (Å²) < 4.78 is 37.5. The minimum Gasteiger partial charge on any atom is -0.341 e. The van der Waals surface area contributed by atoms with E-state index >= 15 is 0 Å². The summed E-state index contributed by atoms with van der Waals surface area (Å²) in [5, 5.41) is 13.0. The highest BCUT2D eigenvalue weighted by atomic mass is 32.1. The molecule has 0 saturated carbocycles. The third-order valence-electron chi connectivity index (χ3n) is 3.20. The van der Waals surface area contributed by atoms with Gasteiger partial charge in [-0.1, -0.05) is 34.8 Å². The molecule has 0 spiro atoms. The number of halogens is 3. The van der Waals surface area contributed by atoms with E-state index in [-0.39, 0.29) is 11.2 Å². The molecule has 0 fully saturated rings. The van der Waals surface area contributed by atoms with Crippen LogP contribution < -0.4 is 20.9 Å². The summed E-state index contributed by atoms with van der Waals surface area (Å²) in [6.45, 7) is 0. The van der Waals surface area contributed by atoms with E-state index in [0.717, 1.165) is 15.1 Å². The number of rotatable bonds is 2. The van der Waals surface area contributed by atoms with Gasteiger partial charge < -0.3 is 10.6 Å². The maximum absolute atomic E-state index is 12.1. The van der Waals surface area contributed by atoms with Crippen molar-refractivity contribution < 1.29 is 22.8 Å². The molecule has 0 unspecified atom stereocenters. The zero-order chi connectivity index (χ0) is 21.6. The number of anilines is 2. The molecule has 0 atom stereocenters. The van der Waals surface area contributed by atoms with Crippen molar-refractivity contribution in [1.82, 2.24) is 25.8 Å². The molecule has 3 rings (SSSR count). The Kier molecular flexibility index (Phi) is 7.28. The van der Waals surface area contributed by atoms with Gasteiger partial charge in [-0.2, -0.15) is 13.2 Å². The van der Waals surface area contributed by atoms with Crippen LogP contribution in [-0.2, 0) is 6.18 Å². The van der Waals surface area contributed by atoms with Crippen molar-refractivity contribution in [2.45, 2.75) is 6.18 Å². The lowest BCUT2D eigenvalue weighted by atomic mass is 10.3. The molecular weight excluding hydrogens is 431 g/mol. The van der Waals surface area contributed by atoms with Gasteiger partial charge in [0, 0.05) is 21.1 Å². The van der Waals surface area contributed by atoms with Crippen molar-refractivity contribution in [2.24, 2.45) is 0 Å². The van der Waals surface area contributed by atoms with Gasteiger partial charge in [0.05, 0.1) is 10.2 Å². The highest BCUT2D eigenvalue weighted by Crippen LogP contribution is 2.33. The highest BCUT2D eigenvalue weighted by Gasteiger charge is 2.36. The summed E-state index contributed by atoms with van der Waals surface area (Å²) in [6, 6.07) is 6.96. The molecule has 0 aliphatic heterocycles. The van der Waals surface area contributed by atoms with Crippen LogP contribution in [0.2, 0.25) is 0 Å². The zero-order valence-corrected chi connectivity index (χ0v) is 17.0. The number of carbonyl (C=O) groups is 2. The number of nitrogens with one attached hydrogen (secondary N) is 3. The second kappa shape index (κ2) is 9.47. The van der Waals surface area contributed by atoms with Gasteiger partial charge in [-0.3, -0.25) is 10.2 Å². The average Bonchev–Trinajstić information content (AvgIpc) is 3.33. The number of carbonyl (C=O) groups excluding carboxylic acids is 2. The molecule has 2 heterocycles. The first kappa shape index (κ1) is 22.3. The van der Waals surface area contributed by atoms with Crippen molar-refractivity contribution in [3.8, 4) is 0 Å². The first-order valence-electron chi connectivity index (χ1n) is 7.86. The van der Waals surface area contributed by atoms with E-state index in [1.54, 1.807) is 7.05 Å². The minimum atomic E-state index is -4.53. The number of fused-ring (bicyclic) bond motifs is 1. The fraction of sp³-hybridized carbons (Fsp3) is 0.267. The standard InChI is InChI=1S/C9H9N3OS.C6H7F3N4OS/c1-10-8(13)12-9-11-6-4-2-3-5-7(6)14-9;1-10-4(14)13(2)5-12-11-3(15-5)6(7,8)9/h2-5H,1H3,(H2,10,11,12,13);1-2H3,(H,10,14). The van der Waals surface area contributed by atoms with Crippen LogP contribution >= 0.6 is 22.7 Å². The Balaban J connectivity index is 0.000000207. The second-order valence-electron chi connectivity index (χ2n) is 5.19. The summed E-state index contributed by atoms with van der Waals surface area (Å²) in [4.78, 5) is 27.2. The van der Waals surface area contributed by atoms with Crippen molar-refractivity contribution in [2.75, 3.05) is 31.4 Å². The summed E-state index contributed by atoms with van der Waals surface area (Å²) >= 11 is 1.77. The van der Waals surface area contributed by atoms with E-state index in [4.69, 9.17) is 0 Å². The highest BCUT2D eigenvalue weighted by molar-refractivity contribution is 7.22. The van der Waals surface area contributed by atoms with Crippen molar-refractivity contribution >= 4 is 55.2 Å². The fourth-order valence-corrected chi connectivity index (χ4v) is 3.34. The molecule has 9 nitrogen and oxygen atoms in total. The third-order valence-corrected chi connectivity index (χ3v) is 5.20. The molecule has 0 aliphatic rings. The van der Waals surface area contributed by atoms with Crippen LogP contribution in [-0.4, -0.2) is 48.4 Å². The maximum Gasteiger partial charge on any atom is 0.445 e. The van der Waals surface area contributed by atoms with Gasteiger partial charge in [-0.05, 0) is 12.1 Å². The molecular formula is C15H16F3N7O2S2. The molecule has 1 aromatic carbocycles. The van der Waals surface area contributed by atoms with Crippen molar-refractivity contribution in [1.29, 1.82) is 0 Å². The molecule has 14 heteroatoms. The minimum absolute atomic E-state index is 0.110. The van der Waals surface area contributed by atoms with Crippen LogP contribution in [0.15, 0.2) is 24.3 Å². The number of thiazole rings is 1. The molecule has 2 aromatic heterocycles. The molecule has 4 amide bonds. The van der Waals surface area contributed by atoms with Crippen LogP contribution in [0.4, 0.5) is 33.0 Å². The number of amides is 4. The first-order chi connectivity index (χ1) is 13.7. The molecule has 0 radical (unpaired) electrons. The Bertz CT molecular complexity index is 957. The van der Waals surface area contributed by atoms with Crippen LogP contribution in [0.5, 0.6) is 0 Å². The van der Waals surface area contributed by atoms with Crippen molar-refractivity contribution in [3.63, 3.8) is 0 Å². The second-order valence-corrected chi connectivity index (χ2v) is 7.18. The molecule has 3 N–H and O–H groups in total. The van der Waals surface area contributed by atoms with E-state index in [1.807, 2.05) is 24.3 Å². The third kappa shape index (κ3) is 5.99. The van der Waals surface area contributed by atoms with Crippen LogP contribution in [0.25, 0.3) is 10.2 Å². The number of urea groups is 2. The number of para-hydroxylation sites is 1. The monoisotopic (exact) mass is 447 g/mol. The number of nitrogens with zero attached hydrogens (tertiary/aromatic N) is 4. The predicted molar refractivity (Wildman–Crippen MR) is 105 cm³/mol. The number of alkyl halides is 3. The van der Waals surface area contributed by atoms with E-state index in [9.17, 15) is 22.8 Å². The van der Waals surface area contributed by atoms with Gasteiger partial charge in [-0.15, -0.1) is 10.2 Å². The normalized spacial score (nSPS) is 10.7. The lowest BCUT2D eigenvalue weighted by Crippen LogP contribution is -2.34. The molecule has 3 aromatic rings. The predicted octanol–water partition coefficient (Wildman–Crippen LogP) is 3.38. The molecule has 29 heavy (non-hydrogen) atoms. The Labute approximate surface area is 171 Å². The van der Waals surface area contributed by atoms with Gasteiger partial charge in [0.1, 0.15) is 0 Å². The van der Waals surface area contributed by atoms with Gasteiger partial charge in [-0.25, -0.2) is 14.6 Å². The lowest BCUT2D eigenvalue weighted by Gasteiger charge is -2.11. The zero-order valence-electron chi connectivity index (χ0n) is 15.4. The van der Waals surface area contributed by atoms with E-state index in [1.165, 1.54) is 25.4 Å². The van der Waals surface area contributed by atoms with E-state index in [2.05, 4.69) is 31.1 Å². The molecule has 0 aliphatic carbocycles. The Morgan fingerprint density at radius 1 is 1.07 bits per heavy atom. The summed E-state index contributed by atoms with van der Waals surface area (Å²) in [6.07, 6.45) is -4.53. The topological polar surface area (TPSA) is 112 Å². The van der Waals surface area contributed by atoms with Crippen LogP contribution in [0.3, 0.4) is 0 Å². The Hall–Kier alpha value is -3.00. The summed E-state index contributed by atoms with van der Waals surface area (Å²) in [5.74, 6) is 0. The van der Waals surface area contributed by atoms with Crippen molar-refractivity contribution in [3.05, 3.63) is 29.3 Å². The van der Waals surface area contributed by atoms with Gasteiger partial charge >= 0.3 is 18.2 Å². The quantitative estimate of drug-likeness (QED) is 0.558. The Morgan fingerprint density at radius 2 is 1.76 bits per heavy atom. The van der Waals surface area contributed by atoms with Crippen LogP contribution in [0.1, 0.15) is 5.01 Å². The molecule has 0 bridgehead atoms. The smallest absolute Gasteiger partial charge is 0.341 e. The average molecular weight is 447 g/mol. The van der Waals surface area contributed by atoms with Crippen LogP contribution in [0, 0.1) is 0 Å². The van der Waals surface area contributed by atoms with Gasteiger partial charge in [0.15, 0.2) is 5.13 Å². The number of aromatic nitrogens is 3. The summed E-state index contributed by atoms with van der Waals surface area (Å²) in [7, 11) is 4.24. The lowest BCUT2D eigenvalue weighted by molar-refractivity contribution is -0.138. The molecule has 0 saturated heterocycles. The fourth-order valence-electron chi connectivity index (χ4n) is 1.81. The number of benzene rings is 1. The van der Waals surface area contributed by atoms with E-state index in [0.29, 0.717) is 16.5 Å². The first-order valence-corrected chi connectivity index (χ1v) is 9.49. The van der Waals surface area contributed by atoms with E-state index < -0.39 is 17.2 Å². The maximum atomic E-state index is 12.1. The number of hydrogen-bond acceptors (Lipinski definition) is 7. The SMILES string of the molecule is CNC(=O)N(C)c1nnc(C(F)(F)F)s1.CNC(=O)Nc1nc2ccccc2s1.